The second-order valence-electron chi connectivity index (χ2n) is 4.12. The summed E-state index contributed by atoms with van der Waals surface area (Å²) in [4.78, 5) is 0. The van der Waals surface area contributed by atoms with Gasteiger partial charge < -0.3 is 10.1 Å². The summed E-state index contributed by atoms with van der Waals surface area (Å²) in [5, 5.41) is 3.55. The molecule has 0 saturated carbocycles. The normalized spacial score (nSPS) is 30.6. The van der Waals surface area contributed by atoms with Crippen molar-refractivity contribution < 1.29 is 4.74 Å². The van der Waals surface area contributed by atoms with Crippen molar-refractivity contribution in [3.05, 3.63) is 35.4 Å². The molecular weight excluding hydrogens is 174 g/mol. The quantitative estimate of drug-likeness (QED) is 0.674. The number of ether oxygens (including phenoxy) is 1. The largest absolute Gasteiger partial charge is 0.372 e. The lowest BCUT2D eigenvalue weighted by atomic mass is 9.89. The first-order valence-electron chi connectivity index (χ1n) is 5.38. The van der Waals surface area contributed by atoms with E-state index >= 15 is 0 Å². The van der Waals surface area contributed by atoms with Gasteiger partial charge in [-0.05, 0) is 30.5 Å². The van der Waals surface area contributed by atoms with Gasteiger partial charge in [-0.15, -0.1) is 0 Å². The topological polar surface area (TPSA) is 21.3 Å². The van der Waals surface area contributed by atoms with Crippen molar-refractivity contribution in [1.82, 2.24) is 5.32 Å². The van der Waals surface area contributed by atoms with Crippen LogP contribution in [0.4, 0.5) is 0 Å². The molecule has 2 heteroatoms. The fourth-order valence-corrected chi connectivity index (χ4v) is 2.51. The summed E-state index contributed by atoms with van der Waals surface area (Å²) in [6, 6.07) is 9.05. The van der Waals surface area contributed by atoms with Gasteiger partial charge >= 0.3 is 0 Å². The Morgan fingerprint density at radius 1 is 1.29 bits per heavy atom. The number of piperidine rings is 1. The molecule has 14 heavy (non-hydrogen) atoms. The lowest BCUT2D eigenvalue weighted by Gasteiger charge is -2.37. The Labute approximate surface area is 84.3 Å². The van der Waals surface area contributed by atoms with Crippen LogP contribution in [0.3, 0.4) is 0 Å². The van der Waals surface area contributed by atoms with E-state index in [4.69, 9.17) is 4.74 Å². The van der Waals surface area contributed by atoms with Crippen molar-refractivity contribution in [1.29, 1.82) is 0 Å². The molecule has 2 aliphatic rings. The fourth-order valence-electron chi connectivity index (χ4n) is 2.51. The lowest BCUT2D eigenvalue weighted by molar-refractivity contribution is -0.0177. The molecule has 2 nitrogen and oxygen atoms in total. The zero-order valence-corrected chi connectivity index (χ0v) is 8.20. The lowest BCUT2D eigenvalue weighted by Crippen LogP contribution is -2.42. The van der Waals surface area contributed by atoms with Crippen LogP contribution in [0.15, 0.2) is 24.3 Å². The molecule has 1 fully saturated rings. The number of benzene rings is 1. The van der Waals surface area contributed by atoms with Gasteiger partial charge in [0.1, 0.15) is 0 Å². The molecule has 0 bridgehead atoms. The molecular formula is C12H15NO. The van der Waals surface area contributed by atoms with E-state index < -0.39 is 0 Å². The molecule has 0 spiro atoms. The monoisotopic (exact) mass is 189 g/mol. The van der Waals surface area contributed by atoms with E-state index in [-0.39, 0.29) is 0 Å². The fraction of sp³-hybridized carbons (Fsp3) is 0.500. The van der Waals surface area contributed by atoms with Gasteiger partial charge in [-0.3, -0.25) is 0 Å². The third-order valence-electron chi connectivity index (χ3n) is 3.24. The molecule has 2 aliphatic heterocycles. The van der Waals surface area contributed by atoms with Crippen molar-refractivity contribution in [2.24, 2.45) is 0 Å². The molecule has 2 heterocycles. The van der Waals surface area contributed by atoms with Crippen molar-refractivity contribution in [3.63, 3.8) is 0 Å². The van der Waals surface area contributed by atoms with E-state index in [1.165, 1.54) is 24.0 Å². The van der Waals surface area contributed by atoms with Gasteiger partial charge in [-0.1, -0.05) is 24.3 Å². The summed E-state index contributed by atoms with van der Waals surface area (Å²) in [7, 11) is 0. The van der Waals surface area contributed by atoms with Crippen LogP contribution in [-0.2, 0) is 11.3 Å². The molecule has 1 N–H and O–H groups in total. The van der Waals surface area contributed by atoms with Gasteiger partial charge in [-0.25, -0.2) is 0 Å². The van der Waals surface area contributed by atoms with Gasteiger partial charge in [0.15, 0.2) is 0 Å². The Balaban J connectivity index is 1.99. The van der Waals surface area contributed by atoms with Crippen molar-refractivity contribution in [2.75, 3.05) is 6.54 Å². The number of nitrogens with one attached hydrogen (secondary N) is 1. The molecule has 3 rings (SSSR count). The maximum Gasteiger partial charge on any atom is 0.0774 e. The molecule has 74 valence electrons. The molecule has 1 saturated heterocycles. The zero-order valence-electron chi connectivity index (χ0n) is 8.20. The molecule has 1 aromatic rings. The van der Waals surface area contributed by atoms with Gasteiger partial charge in [0.05, 0.1) is 18.8 Å². The first-order valence-corrected chi connectivity index (χ1v) is 5.38. The Morgan fingerprint density at radius 2 is 2.21 bits per heavy atom. The summed E-state index contributed by atoms with van der Waals surface area (Å²) in [6.45, 7) is 1.91. The van der Waals surface area contributed by atoms with Crippen LogP contribution in [0.1, 0.15) is 30.0 Å². The molecule has 2 atom stereocenters. The SMILES string of the molecule is c1ccc2c(c1)COC1CCCNC21. The standard InChI is InChI=1S/C12H15NO/c1-2-5-10-9(4-1)8-14-11-6-3-7-13-12(10)11/h1-2,4-5,11-13H,3,6-8H2. The number of hydrogen-bond acceptors (Lipinski definition) is 2. The third kappa shape index (κ3) is 1.26. The summed E-state index contributed by atoms with van der Waals surface area (Å²) >= 11 is 0. The van der Waals surface area contributed by atoms with E-state index in [2.05, 4.69) is 29.6 Å². The van der Waals surface area contributed by atoms with Gasteiger partial charge in [-0.2, -0.15) is 0 Å². The smallest absolute Gasteiger partial charge is 0.0774 e. The van der Waals surface area contributed by atoms with E-state index in [1.54, 1.807) is 0 Å². The average Bonchev–Trinajstić information content (AvgIpc) is 2.29. The Morgan fingerprint density at radius 3 is 3.21 bits per heavy atom. The summed E-state index contributed by atoms with van der Waals surface area (Å²) < 4.78 is 5.85. The molecule has 0 amide bonds. The van der Waals surface area contributed by atoms with Crippen molar-refractivity contribution >= 4 is 0 Å². The third-order valence-corrected chi connectivity index (χ3v) is 3.24. The minimum atomic E-state index is 0.402. The second-order valence-corrected chi connectivity index (χ2v) is 4.12. The molecule has 0 aliphatic carbocycles. The number of hydrogen-bond donors (Lipinski definition) is 1. The minimum Gasteiger partial charge on any atom is -0.372 e. The van der Waals surface area contributed by atoms with Crippen LogP contribution in [0.25, 0.3) is 0 Å². The van der Waals surface area contributed by atoms with E-state index in [0.717, 1.165) is 13.2 Å². The maximum absolute atomic E-state index is 5.85. The highest BCUT2D eigenvalue weighted by molar-refractivity contribution is 5.32. The first kappa shape index (κ1) is 8.45. The van der Waals surface area contributed by atoms with Crippen molar-refractivity contribution in [2.45, 2.75) is 31.6 Å². The number of rotatable bonds is 0. The highest BCUT2D eigenvalue weighted by atomic mass is 16.5. The summed E-state index contributed by atoms with van der Waals surface area (Å²) in [5.41, 5.74) is 2.80. The molecule has 0 aromatic heterocycles. The van der Waals surface area contributed by atoms with E-state index in [9.17, 15) is 0 Å². The predicted molar refractivity (Wildman–Crippen MR) is 55.0 cm³/mol. The molecule has 0 radical (unpaired) electrons. The zero-order chi connectivity index (χ0) is 9.38. The Bertz CT molecular complexity index is 337. The highest BCUT2D eigenvalue weighted by Gasteiger charge is 2.31. The van der Waals surface area contributed by atoms with Crippen LogP contribution >= 0.6 is 0 Å². The van der Waals surface area contributed by atoms with Crippen LogP contribution in [-0.4, -0.2) is 12.6 Å². The van der Waals surface area contributed by atoms with Gasteiger partial charge in [0, 0.05) is 0 Å². The van der Waals surface area contributed by atoms with Crippen LogP contribution in [0, 0.1) is 0 Å². The summed E-state index contributed by atoms with van der Waals surface area (Å²) in [5.74, 6) is 0. The van der Waals surface area contributed by atoms with E-state index in [1.807, 2.05) is 0 Å². The van der Waals surface area contributed by atoms with Crippen LogP contribution < -0.4 is 5.32 Å². The molecule has 1 aromatic carbocycles. The number of fused-ring (bicyclic) bond motifs is 3. The second kappa shape index (κ2) is 3.37. The van der Waals surface area contributed by atoms with Crippen LogP contribution in [0.2, 0.25) is 0 Å². The Kier molecular flexibility index (Phi) is 2.03. The van der Waals surface area contributed by atoms with Gasteiger partial charge in [0.25, 0.3) is 0 Å². The summed E-state index contributed by atoms with van der Waals surface area (Å²) in [6.07, 6.45) is 2.84. The molecule has 2 unspecified atom stereocenters. The Hall–Kier alpha value is -0.860. The van der Waals surface area contributed by atoms with Crippen LogP contribution in [0.5, 0.6) is 0 Å². The predicted octanol–water partition coefficient (Wildman–Crippen LogP) is 2.01. The first-order chi connectivity index (χ1) is 6.95. The highest BCUT2D eigenvalue weighted by Crippen LogP contribution is 2.33. The average molecular weight is 189 g/mol. The minimum absolute atomic E-state index is 0.402. The van der Waals surface area contributed by atoms with Gasteiger partial charge in [0.2, 0.25) is 0 Å². The van der Waals surface area contributed by atoms with E-state index in [0.29, 0.717) is 12.1 Å². The van der Waals surface area contributed by atoms with Crippen molar-refractivity contribution in [3.8, 4) is 0 Å². The maximum atomic E-state index is 5.85.